The van der Waals surface area contributed by atoms with Crippen LogP contribution in [-0.4, -0.2) is 81.2 Å². The first-order valence-electron chi connectivity index (χ1n) is 14.8. The monoisotopic (exact) mass is 531 g/mol. The second-order valence-corrected chi connectivity index (χ2v) is 11.4. The molecule has 3 nitrogen and oxygen atoms in total. The molecule has 1 fully saturated rings. The fourth-order valence-corrected chi connectivity index (χ4v) is 5.12. The minimum Gasteiger partial charge on any atom is -1.00 e. The summed E-state index contributed by atoms with van der Waals surface area (Å²) in [6.45, 7) is 11.3. The molecular weight excluding hydrogens is 470 g/mol. The van der Waals surface area contributed by atoms with E-state index in [-0.39, 0.29) is 17.0 Å². The summed E-state index contributed by atoms with van der Waals surface area (Å²) in [7, 11) is 7.08. The molecule has 0 atom stereocenters. The highest BCUT2D eigenvalue weighted by atomic mass is 79.9. The van der Waals surface area contributed by atoms with Gasteiger partial charge in [0.05, 0.1) is 26.7 Å². The maximum Gasteiger partial charge on any atom is 0.0914 e. The highest BCUT2D eigenvalue weighted by Crippen LogP contribution is 2.15. The maximum atomic E-state index is 2.52. The zero-order chi connectivity index (χ0) is 23.3. The van der Waals surface area contributed by atoms with Crippen LogP contribution in [0.1, 0.15) is 122 Å². The molecule has 0 saturated carbocycles. The summed E-state index contributed by atoms with van der Waals surface area (Å²) in [6, 6.07) is 0. The van der Waals surface area contributed by atoms with Gasteiger partial charge in [0.15, 0.2) is 0 Å². The van der Waals surface area contributed by atoms with Gasteiger partial charge in [-0.3, -0.25) is 9.80 Å². The van der Waals surface area contributed by atoms with Crippen molar-refractivity contribution in [1.82, 2.24) is 9.80 Å². The molecule has 0 unspecified atom stereocenters. The van der Waals surface area contributed by atoms with E-state index in [1.807, 2.05) is 0 Å². The lowest BCUT2D eigenvalue weighted by Gasteiger charge is -2.35. The molecule has 1 aliphatic rings. The van der Waals surface area contributed by atoms with Crippen LogP contribution in [0.3, 0.4) is 0 Å². The van der Waals surface area contributed by atoms with Crippen LogP contribution in [-0.2, 0) is 0 Å². The van der Waals surface area contributed by atoms with Gasteiger partial charge in [0.1, 0.15) is 0 Å². The van der Waals surface area contributed by atoms with Crippen LogP contribution in [0.4, 0.5) is 0 Å². The molecule has 0 bridgehead atoms. The van der Waals surface area contributed by atoms with Crippen molar-refractivity contribution >= 4 is 0 Å². The van der Waals surface area contributed by atoms with Gasteiger partial charge in [0.2, 0.25) is 0 Å². The fraction of sp³-hybridized carbons (Fsp3) is 1.00. The number of nitrogens with zero attached hydrogens (tertiary/aromatic N) is 3. The molecule has 1 heterocycles. The van der Waals surface area contributed by atoms with Crippen molar-refractivity contribution in [3.8, 4) is 0 Å². The van der Waals surface area contributed by atoms with Gasteiger partial charge in [-0.2, -0.15) is 0 Å². The third-order valence-corrected chi connectivity index (χ3v) is 7.96. The van der Waals surface area contributed by atoms with Crippen molar-refractivity contribution in [2.75, 3.05) is 67.0 Å². The van der Waals surface area contributed by atoms with Gasteiger partial charge < -0.3 is 21.5 Å². The quantitative estimate of drug-likeness (QED) is 0.180. The highest BCUT2D eigenvalue weighted by molar-refractivity contribution is 4.61. The molecule has 33 heavy (non-hydrogen) atoms. The van der Waals surface area contributed by atoms with E-state index in [0.717, 1.165) is 0 Å². The zero-order valence-electron chi connectivity index (χ0n) is 23.4. The van der Waals surface area contributed by atoms with E-state index in [1.54, 1.807) is 0 Å². The first-order valence-corrected chi connectivity index (χ1v) is 14.8. The molecule has 0 aromatic rings. The van der Waals surface area contributed by atoms with E-state index in [2.05, 4.69) is 37.9 Å². The largest absolute Gasteiger partial charge is 1.00 e. The van der Waals surface area contributed by atoms with Gasteiger partial charge in [-0.1, -0.05) is 110 Å². The minimum atomic E-state index is 0. The molecule has 1 rings (SSSR count). The van der Waals surface area contributed by atoms with Crippen molar-refractivity contribution in [1.29, 1.82) is 0 Å². The Morgan fingerprint density at radius 1 is 0.485 bits per heavy atom. The summed E-state index contributed by atoms with van der Waals surface area (Å²) in [5, 5.41) is 0. The maximum absolute atomic E-state index is 2.52. The van der Waals surface area contributed by atoms with E-state index >= 15 is 0 Å². The van der Waals surface area contributed by atoms with Gasteiger partial charge in [0, 0.05) is 26.2 Å². The average molecular weight is 533 g/mol. The summed E-state index contributed by atoms with van der Waals surface area (Å²) >= 11 is 0. The number of unbranched alkanes of at least 4 members (excludes halogenated alkanes) is 17. The summed E-state index contributed by atoms with van der Waals surface area (Å²) in [6.07, 6.45) is 26.3. The number of quaternary nitrogens is 1. The average Bonchev–Trinajstić information content (AvgIpc) is 2.85. The second kappa shape index (κ2) is 22.8. The van der Waals surface area contributed by atoms with Crippen molar-refractivity contribution in [2.24, 2.45) is 0 Å². The lowest BCUT2D eigenvalue weighted by atomic mass is 10.0. The van der Waals surface area contributed by atoms with Crippen LogP contribution in [0, 0.1) is 0 Å². The third-order valence-electron chi connectivity index (χ3n) is 7.96. The second-order valence-electron chi connectivity index (χ2n) is 11.4. The molecule has 0 spiro atoms. The molecule has 4 heteroatoms. The van der Waals surface area contributed by atoms with Crippen LogP contribution in [0.25, 0.3) is 0 Å². The smallest absolute Gasteiger partial charge is 0.0914 e. The Hall–Kier alpha value is 0.360. The molecule has 1 saturated heterocycles. The van der Waals surface area contributed by atoms with E-state index in [4.69, 9.17) is 0 Å². The van der Waals surface area contributed by atoms with Crippen molar-refractivity contribution in [3.63, 3.8) is 0 Å². The first-order chi connectivity index (χ1) is 15.6. The van der Waals surface area contributed by atoms with Gasteiger partial charge in [0.25, 0.3) is 0 Å². The van der Waals surface area contributed by atoms with Crippen LogP contribution >= 0.6 is 0 Å². The van der Waals surface area contributed by atoms with Gasteiger partial charge in [-0.25, -0.2) is 0 Å². The highest BCUT2D eigenvalue weighted by Gasteiger charge is 2.23. The summed E-state index contributed by atoms with van der Waals surface area (Å²) in [5.41, 5.74) is 0. The lowest BCUT2D eigenvalue weighted by Crippen LogP contribution is -3.00. The Morgan fingerprint density at radius 2 is 0.788 bits per heavy atom. The Labute approximate surface area is 220 Å². The molecule has 0 N–H and O–H groups in total. The molecule has 1 aliphatic heterocycles. The van der Waals surface area contributed by atoms with E-state index < -0.39 is 0 Å². The van der Waals surface area contributed by atoms with E-state index in [0.29, 0.717) is 0 Å². The number of hydrogen-bond acceptors (Lipinski definition) is 2. The van der Waals surface area contributed by atoms with Crippen molar-refractivity contribution in [2.45, 2.75) is 122 Å². The number of rotatable bonds is 19. The fourth-order valence-electron chi connectivity index (χ4n) is 5.12. The normalized spacial score (nSPS) is 17.8. The van der Waals surface area contributed by atoms with Crippen LogP contribution < -0.4 is 17.0 Å². The topological polar surface area (TPSA) is 6.48 Å². The molecule has 0 amide bonds. The van der Waals surface area contributed by atoms with Gasteiger partial charge >= 0.3 is 0 Å². The van der Waals surface area contributed by atoms with Crippen LogP contribution in [0.15, 0.2) is 0 Å². The third kappa shape index (κ3) is 20.3. The summed E-state index contributed by atoms with van der Waals surface area (Å²) < 4.78 is 1.27. The molecule has 0 aromatic heterocycles. The summed E-state index contributed by atoms with van der Waals surface area (Å²) in [5.74, 6) is 0. The standard InChI is InChI=1S/C29H62N3.BrH/c1-5-6-7-8-9-10-11-12-13-14-15-16-17-18-19-20-21-22-27-32(4)28-25-30(2)23-24-31(3)26-29-32;/h5-29H2,1-4H3;1H/q+1;/p-1. The minimum absolute atomic E-state index is 0. The van der Waals surface area contributed by atoms with E-state index in [9.17, 15) is 0 Å². The molecule has 0 aliphatic carbocycles. The Kier molecular flexibility index (Phi) is 23.0. The Morgan fingerprint density at radius 3 is 1.12 bits per heavy atom. The van der Waals surface area contributed by atoms with Crippen molar-refractivity contribution in [3.05, 3.63) is 0 Å². The van der Waals surface area contributed by atoms with E-state index in [1.165, 1.54) is 166 Å². The number of halogens is 1. The molecule has 0 aromatic carbocycles. The Bertz CT molecular complexity index is 390. The van der Waals surface area contributed by atoms with Crippen molar-refractivity contribution < 1.29 is 21.5 Å². The van der Waals surface area contributed by atoms with Gasteiger partial charge in [-0.15, -0.1) is 0 Å². The lowest BCUT2D eigenvalue weighted by molar-refractivity contribution is -0.908. The predicted molar refractivity (Wildman–Crippen MR) is 145 cm³/mol. The summed E-state index contributed by atoms with van der Waals surface area (Å²) in [4.78, 5) is 5.04. The SMILES string of the molecule is CCCCCCCCCCCCCCCCCCCC[N+]1(C)CCN(C)CCN(C)CC1.[Br-]. The van der Waals surface area contributed by atoms with Crippen LogP contribution in [0.2, 0.25) is 0 Å². The Balaban J connectivity index is 0.0000102. The first kappa shape index (κ1) is 33.4. The number of likely N-dealkylation sites (N-methyl/N-ethyl adjacent to an activating group) is 3. The zero-order valence-corrected chi connectivity index (χ0v) is 25.0. The molecule has 200 valence electrons. The number of hydrogen-bond donors (Lipinski definition) is 0. The molecule has 0 radical (unpaired) electrons. The predicted octanol–water partition coefficient (Wildman–Crippen LogP) is 4.36. The van der Waals surface area contributed by atoms with Crippen LogP contribution in [0.5, 0.6) is 0 Å². The molecular formula is C29H62BrN3. The van der Waals surface area contributed by atoms with Gasteiger partial charge in [-0.05, 0) is 26.9 Å².